The third kappa shape index (κ3) is 2.11. The molecule has 0 unspecified atom stereocenters. The maximum Gasteiger partial charge on any atom is 0.256 e. The molecule has 0 saturated carbocycles. The van der Waals surface area contributed by atoms with Gasteiger partial charge in [-0.2, -0.15) is 0 Å². The van der Waals surface area contributed by atoms with Gasteiger partial charge in [0.15, 0.2) is 0 Å². The predicted octanol–water partition coefficient (Wildman–Crippen LogP) is 1.84. The van der Waals surface area contributed by atoms with Gasteiger partial charge in [-0.3, -0.25) is 4.40 Å². The van der Waals surface area contributed by atoms with Crippen LogP contribution in [0, 0.1) is 12.3 Å². The van der Waals surface area contributed by atoms with E-state index >= 15 is 0 Å². The Bertz CT molecular complexity index is 739. The van der Waals surface area contributed by atoms with Gasteiger partial charge in [-0.25, -0.2) is 4.98 Å². The Morgan fingerprint density at radius 2 is 2.11 bits per heavy atom. The second-order valence-electron chi connectivity index (χ2n) is 3.95. The molecule has 92 valence electrons. The van der Waals surface area contributed by atoms with Crippen LogP contribution >= 0.6 is 0 Å². The number of terminal acetylenes is 1. The summed E-state index contributed by atoms with van der Waals surface area (Å²) >= 11 is 0. The monoisotopic (exact) mass is 249 g/mol. The molecule has 2 aromatic heterocycles. The fraction of sp³-hybridized carbons (Fsp3) is 0.0714. The Balaban J connectivity index is 2.14. The van der Waals surface area contributed by atoms with E-state index in [1.165, 1.54) is 0 Å². The molecule has 1 N–H and O–H groups in total. The average Bonchev–Trinajstić information content (AvgIpc) is 2.94. The normalized spacial score (nSPS) is 10.3. The molecule has 0 saturated heterocycles. The van der Waals surface area contributed by atoms with Crippen molar-refractivity contribution in [3.63, 3.8) is 0 Å². The molecule has 19 heavy (non-hydrogen) atoms. The summed E-state index contributed by atoms with van der Waals surface area (Å²) in [6, 6.07) is 11.8. The molecule has 5 heteroatoms. The minimum atomic E-state index is 0.436. The minimum absolute atomic E-state index is 0.436. The molecule has 3 rings (SSSR count). The predicted molar refractivity (Wildman–Crippen MR) is 73.5 cm³/mol. The number of fused-ring (bicyclic) bond motifs is 1. The minimum Gasteiger partial charge on any atom is -0.360 e. The van der Waals surface area contributed by atoms with Crippen molar-refractivity contribution in [3.8, 4) is 23.6 Å². The van der Waals surface area contributed by atoms with Crippen molar-refractivity contribution in [1.29, 1.82) is 0 Å². The van der Waals surface area contributed by atoms with Gasteiger partial charge in [-0.1, -0.05) is 36.3 Å². The van der Waals surface area contributed by atoms with Gasteiger partial charge in [0, 0.05) is 11.6 Å². The molecule has 0 aliphatic carbocycles. The Kier molecular flexibility index (Phi) is 2.83. The van der Waals surface area contributed by atoms with Crippen molar-refractivity contribution in [3.05, 3.63) is 42.7 Å². The van der Waals surface area contributed by atoms with Crippen LogP contribution in [-0.4, -0.2) is 26.1 Å². The molecule has 0 aliphatic heterocycles. The lowest BCUT2D eigenvalue weighted by atomic mass is 10.1. The zero-order valence-corrected chi connectivity index (χ0v) is 10.1. The maximum atomic E-state index is 5.28. The summed E-state index contributed by atoms with van der Waals surface area (Å²) in [5.41, 5.74) is 1.86. The Morgan fingerprint density at radius 3 is 2.89 bits per heavy atom. The summed E-state index contributed by atoms with van der Waals surface area (Å²) in [4.78, 5) is 4.47. The van der Waals surface area contributed by atoms with Crippen LogP contribution in [0.3, 0.4) is 0 Å². The highest BCUT2D eigenvalue weighted by atomic mass is 15.3. The lowest BCUT2D eigenvalue weighted by molar-refractivity contribution is 1.09. The van der Waals surface area contributed by atoms with E-state index in [4.69, 9.17) is 6.42 Å². The summed E-state index contributed by atoms with van der Waals surface area (Å²) in [5, 5.41) is 11.0. The number of hydrogen-bond acceptors (Lipinski definition) is 4. The van der Waals surface area contributed by atoms with Crippen molar-refractivity contribution < 1.29 is 0 Å². The third-order valence-electron chi connectivity index (χ3n) is 2.72. The summed E-state index contributed by atoms with van der Waals surface area (Å²) in [5.74, 6) is 3.91. The van der Waals surface area contributed by atoms with E-state index < -0.39 is 0 Å². The lowest BCUT2D eigenvalue weighted by Crippen LogP contribution is -2.05. The van der Waals surface area contributed by atoms with Crippen molar-refractivity contribution in [2.75, 3.05) is 11.9 Å². The van der Waals surface area contributed by atoms with Crippen LogP contribution < -0.4 is 5.32 Å². The lowest BCUT2D eigenvalue weighted by Gasteiger charge is -2.08. The van der Waals surface area contributed by atoms with E-state index in [1.807, 2.05) is 36.4 Å². The second kappa shape index (κ2) is 4.78. The first-order valence-corrected chi connectivity index (χ1v) is 5.82. The molecule has 0 spiro atoms. The highest BCUT2D eigenvalue weighted by molar-refractivity contribution is 5.65. The van der Waals surface area contributed by atoms with Gasteiger partial charge in [-0.15, -0.1) is 16.6 Å². The number of nitrogens with zero attached hydrogens (tertiary/aromatic N) is 4. The van der Waals surface area contributed by atoms with E-state index in [0.29, 0.717) is 12.3 Å². The van der Waals surface area contributed by atoms with Crippen molar-refractivity contribution in [1.82, 2.24) is 19.6 Å². The van der Waals surface area contributed by atoms with Gasteiger partial charge >= 0.3 is 0 Å². The first kappa shape index (κ1) is 11.2. The number of anilines is 1. The van der Waals surface area contributed by atoms with Gasteiger partial charge < -0.3 is 5.32 Å². The van der Waals surface area contributed by atoms with Gasteiger partial charge in [0.1, 0.15) is 12.1 Å². The van der Waals surface area contributed by atoms with Gasteiger partial charge in [-0.05, 0) is 0 Å². The van der Waals surface area contributed by atoms with Crippen LogP contribution in [0.4, 0.5) is 5.82 Å². The second-order valence-corrected chi connectivity index (χ2v) is 3.95. The zero-order valence-electron chi connectivity index (χ0n) is 10.1. The first-order chi connectivity index (χ1) is 9.38. The summed E-state index contributed by atoms with van der Waals surface area (Å²) in [6.07, 6.45) is 6.88. The molecule has 2 heterocycles. The van der Waals surface area contributed by atoms with Crippen LogP contribution in [0.25, 0.3) is 17.0 Å². The Hall–Kier alpha value is -2.87. The van der Waals surface area contributed by atoms with E-state index in [-0.39, 0.29) is 0 Å². The summed E-state index contributed by atoms with van der Waals surface area (Å²) < 4.78 is 1.77. The van der Waals surface area contributed by atoms with Gasteiger partial charge in [0.05, 0.1) is 12.2 Å². The molecule has 1 aromatic carbocycles. The third-order valence-corrected chi connectivity index (χ3v) is 2.72. The Morgan fingerprint density at radius 1 is 1.26 bits per heavy atom. The van der Waals surface area contributed by atoms with Crippen LogP contribution in [-0.2, 0) is 0 Å². The van der Waals surface area contributed by atoms with Crippen molar-refractivity contribution in [2.24, 2.45) is 0 Å². The first-order valence-electron chi connectivity index (χ1n) is 5.82. The standard InChI is InChI=1S/C14H11N5/c1-2-8-15-13-9-12(11-6-4-3-5-7-11)17-14-18-16-10-19(13)14/h1,3-7,9-10,15H,8H2. The molecule has 0 aliphatic rings. The zero-order chi connectivity index (χ0) is 13.1. The molecule has 0 fully saturated rings. The SMILES string of the molecule is C#CCNc1cc(-c2ccccc2)nc2nncn12. The number of benzene rings is 1. The average molecular weight is 249 g/mol. The quantitative estimate of drug-likeness (QED) is 0.720. The molecule has 0 amide bonds. The number of aromatic nitrogens is 4. The molecular formula is C14H11N5. The van der Waals surface area contributed by atoms with E-state index in [1.54, 1.807) is 10.7 Å². The largest absolute Gasteiger partial charge is 0.360 e. The Labute approximate surface area is 110 Å². The van der Waals surface area contributed by atoms with Gasteiger partial charge in [0.25, 0.3) is 5.78 Å². The molecule has 3 aromatic rings. The van der Waals surface area contributed by atoms with E-state index in [9.17, 15) is 0 Å². The van der Waals surface area contributed by atoms with Crippen molar-refractivity contribution in [2.45, 2.75) is 0 Å². The summed E-state index contributed by atoms with van der Waals surface area (Å²) in [6.45, 7) is 0.436. The highest BCUT2D eigenvalue weighted by Crippen LogP contribution is 2.21. The van der Waals surface area contributed by atoms with Crippen molar-refractivity contribution >= 4 is 11.6 Å². The fourth-order valence-electron chi connectivity index (χ4n) is 1.85. The van der Waals surface area contributed by atoms with Crippen LogP contribution in [0.5, 0.6) is 0 Å². The van der Waals surface area contributed by atoms with Crippen LogP contribution in [0.1, 0.15) is 0 Å². The molecular weight excluding hydrogens is 238 g/mol. The van der Waals surface area contributed by atoms with E-state index in [2.05, 4.69) is 26.4 Å². The number of hydrogen-bond donors (Lipinski definition) is 1. The van der Waals surface area contributed by atoms with Gasteiger partial charge in [0.2, 0.25) is 0 Å². The molecule has 0 bridgehead atoms. The smallest absolute Gasteiger partial charge is 0.256 e. The fourth-order valence-corrected chi connectivity index (χ4v) is 1.85. The molecule has 5 nitrogen and oxygen atoms in total. The summed E-state index contributed by atoms with van der Waals surface area (Å²) in [7, 11) is 0. The van der Waals surface area contributed by atoms with Crippen LogP contribution in [0.15, 0.2) is 42.7 Å². The molecule has 0 radical (unpaired) electrons. The van der Waals surface area contributed by atoms with E-state index in [0.717, 1.165) is 17.1 Å². The number of rotatable bonds is 3. The topological polar surface area (TPSA) is 55.1 Å². The maximum absolute atomic E-state index is 5.28. The van der Waals surface area contributed by atoms with Crippen LogP contribution in [0.2, 0.25) is 0 Å². The highest BCUT2D eigenvalue weighted by Gasteiger charge is 2.07. The molecule has 0 atom stereocenters. The number of nitrogens with one attached hydrogen (secondary N) is 1.